The second-order valence-corrected chi connectivity index (χ2v) is 5.25. The molecule has 23 heavy (non-hydrogen) atoms. The van der Waals surface area contributed by atoms with Crippen molar-refractivity contribution < 1.29 is 18.8 Å². The number of hydrogen-bond donors (Lipinski definition) is 0. The molecule has 0 fully saturated rings. The van der Waals surface area contributed by atoms with E-state index in [1.165, 1.54) is 7.11 Å². The summed E-state index contributed by atoms with van der Waals surface area (Å²) in [5, 5.41) is 5.78. The van der Waals surface area contributed by atoms with E-state index < -0.39 is 5.97 Å². The Bertz CT molecular complexity index is 847. The van der Waals surface area contributed by atoms with Crippen LogP contribution in [-0.2, 0) is 11.3 Å². The fourth-order valence-electron chi connectivity index (χ4n) is 2.52. The van der Waals surface area contributed by atoms with Gasteiger partial charge in [0.05, 0.1) is 18.4 Å². The number of aryl methyl sites for hydroxylation is 2. The predicted octanol–water partition coefficient (Wildman–Crippen LogP) is 3.81. The predicted molar refractivity (Wildman–Crippen MR) is 85.6 cm³/mol. The summed E-state index contributed by atoms with van der Waals surface area (Å²) in [5.41, 5.74) is 2.06. The van der Waals surface area contributed by atoms with Crippen molar-refractivity contribution in [2.75, 3.05) is 7.11 Å². The van der Waals surface area contributed by atoms with Gasteiger partial charge in [-0.25, -0.2) is 4.79 Å². The number of rotatable bonds is 4. The van der Waals surface area contributed by atoms with Crippen molar-refractivity contribution in [1.29, 1.82) is 0 Å². The zero-order chi connectivity index (χ0) is 16.4. The molecule has 0 radical (unpaired) electrons. The van der Waals surface area contributed by atoms with Crippen molar-refractivity contribution in [3.05, 3.63) is 59.0 Å². The molecular weight excluding hydrogens is 294 g/mol. The van der Waals surface area contributed by atoms with Crippen LogP contribution < -0.4 is 4.74 Å². The molecule has 2 aromatic carbocycles. The molecule has 0 amide bonds. The van der Waals surface area contributed by atoms with Gasteiger partial charge >= 0.3 is 5.97 Å². The van der Waals surface area contributed by atoms with Gasteiger partial charge in [0.25, 0.3) is 0 Å². The van der Waals surface area contributed by atoms with Crippen molar-refractivity contribution in [2.24, 2.45) is 0 Å². The van der Waals surface area contributed by atoms with Crippen LogP contribution >= 0.6 is 0 Å². The summed E-state index contributed by atoms with van der Waals surface area (Å²) < 4.78 is 16.0. The summed E-state index contributed by atoms with van der Waals surface area (Å²) in [6.07, 6.45) is 0. The second kappa shape index (κ2) is 6.12. The normalized spacial score (nSPS) is 10.7. The first kappa shape index (κ1) is 15.1. The molecule has 118 valence electrons. The lowest BCUT2D eigenvalue weighted by Gasteiger charge is -2.13. The monoisotopic (exact) mass is 311 g/mol. The zero-order valence-electron chi connectivity index (χ0n) is 13.3. The lowest BCUT2D eigenvalue weighted by atomic mass is 10.1. The smallest absolute Gasteiger partial charge is 0.341 e. The number of carbonyl (C=O) groups excluding carboxylic acids is 1. The second-order valence-electron chi connectivity index (χ2n) is 5.25. The molecule has 5 heteroatoms. The highest BCUT2D eigenvalue weighted by Gasteiger charge is 2.18. The first-order valence-corrected chi connectivity index (χ1v) is 7.26. The number of hydrogen-bond acceptors (Lipinski definition) is 5. The van der Waals surface area contributed by atoms with Gasteiger partial charge in [0.15, 0.2) is 0 Å². The molecule has 0 atom stereocenters. The van der Waals surface area contributed by atoms with Gasteiger partial charge in [0.2, 0.25) is 0 Å². The highest BCUT2D eigenvalue weighted by Crippen LogP contribution is 2.31. The van der Waals surface area contributed by atoms with Gasteiger partial charge in [0, 0.05) is 5.39 Å². The summed E-state index contributed by atoms with van der Waals surface area (Å²) in [5.74, 6) is 0.793. The number of carbonyl (C=O) groups is 1. The number of nitrogens with zero attached hydrogens (tertiary/aromatic N) is 1. The van der Waals surface area contributed by atoms with Crippen LogP contribution in [0.15, 0.2) is 40.9 Å². The van der Waals surface area contributed by atoms with Crippen LogP contribution in [0.25, 0.3) is 10.8 Å². The standard InChI is InChI=1S/C18H17NO4/c1-11-16(12(2)23-19-11)10-22-17-14-7-5-4-6-13(14)8-9-15(17)18(20)21-3/h4-9H,10H2,1-3H3. The van der Waals surface area contributed by atoms with Crippen LogP contribution in [0.2, 0.25) is 0 Å². The number of fused-ring (bicyclic) bond motifs is 1. The Hall–Kier alpha value is -2.82. The molecule has 1 heterocycles. The number of benzene rings is 2. The number of aromatic nitrogens is 1. The van der Waals surface area contributed by atoms with Crippen LogP contribution in [0.3, 0.4) is 0 Å². The van der Waals surface area contributed by atoms with Gasteiger partial charge in [-0.1, -0.05) is 35.5 Å². The summed E-state index contributed by atoms with van der Waals surface area (Å²) >= 11 is 0. The quantitative estimate of drug-likeness (QED) is 0.686. The summed E-state index contributed by atoms with van der Waals surface area (Å²) in [6.45, 7) is 3.97. The molecule has 0 aliphatic heterocycles. The van der Waals surface area contributed by atoms with Crippen LogP contribution in [-0.4, -0.2) is 18.2 Å². The highest BCUT2D eigenvalue weighted by atomic mass is 16.5. The zero-order valence-corrected chi connectivity index (χ0v) is 13.3. The third-order valence-corrected chi connectivity index (χ3v) is 3.83. The number of esters is 1. The third kappa shape index (κ3) is 2.77. The molecule has 0 bridgehead atoms. The maximum atomic E-state index is 12.0. The molecule has 1 aromatic heterocycles. The van der Waals surface area contributed by atoms with Gasteiger partial charge in [-0.2, -0.15) is 0 Å². The third-order valence-electron chi connectivity index (χ3n) is 3.83. The molecule has 0 saturated carbocycles. The molecule has 0 unspecified atom stereocenters. The topological polar surface area (TPSA) is 61.6 Å². The van der Waals surface area contributed by atoms with E-state index in [9.17, 15) is 4.79 Å². The summed E-state index contributed by atoms with van der Waals surface area (Å²) in [6, 6.07) is 11.3. The molecule has 3 rings (SSSR count). The first-order chi connectivity index (χ1) is 11.1. The van der Waals surface area contributed by atoms with E-state index >= 15 is 0 Å². The molecule has 0 aliphatic rings. The summed E-state index contributed by atoms with van der Waals surface area (Å²) in [7, 11) is 1.36. The summed E-state index contributed by atoms with van der Waals surface area (Å²) in [4.78, 5) is 12.0. The Morgan fingerprint density at radius 3 is 2.65 bits per heavy atom. The van der Waals surface area contributed by atoms with E-state index in [1.807, 2.05) is 44.2 Å². The van der Waals surface area contributed by atoms with Crippen molar-refractivity contribution in [3.8, 4) is 5.75 Å². The van der Waals surface area contributed by atoms with E-state index in [1.54, 1.807) is 6.07 Å². The first-order valence-electron chi connectivity index (χ1n) is 7.26. The fourth-order valence-corrected chi connectivity index (χ4v) is 2.52. The lowest BCUT2D eigenvalue weighted by molar-refractivity contribution is 0.0596. The Labute approximate surface area is 133 Å². The van der Waals surface area contributed by atoms with Gasteiger partial charge in [-0.05, 0) is 25.3 Å². The van der Waals surface area contributed by atoms with E-state index in [4.69, 9.17) is 14.0 Å². The van der Waals surface area contributed by atoms with E-state index in [-0.39, 0.29) is 6.61 Å². The Balaban J connectivity index is 2.05. The minimum absolute atomic E-state index is 0.277. The van der Waals surface area contributed by atoms with Gasteiger partial charge in [-0.15, -0.1) is 0 Å². The van der Waals surface area contributed by atoms with Crippen LogP contribution in [0.5, 0.6) is 5.75 Å². The Morgan fingerprint density at radius 1 is 1.17 bits per heavy atom. The minimum atomic E-state index is -0.426. The average Bonchev–Trinajstić information content (AvgIpc) is 2.90. The van der Waals surface area contributed by atoms with Gasteiger partial charge < -0.3 is 14.0 Å². The van der Waals surface area contributed by atoms with E-state index in [0.717, 1.165) is 22.0 Å². The van der Waals surface area contributed by atoms with Gasteiger partial charge in [-0.3, -0.25) is 0 Å². The van der Waals surface area contributed by atoms with Crippen LogP contribution in [0, 0.1) is 13.8 Å². The van der Waals surface area contributed by atoms with Crippen molar-refractivity contribution in [2.45, 2.75) is 20.5 Å². The molecule has 0 spiro atoms. The van der Waals surface area contributed by atoms with Crippen molar-refractivity contribution >= 4 is 16.7 Å². The molecule has 0 saturated heterocycles. The van der Waals surface area contributed by atoms with Crippen LogP contribution in [0.1, 0.15) is 27.4 Å². The van der Waals surface area contributed by atoms with E-state index in [2.05, 4.69) is 5.16 Å². The van der Waals surface area contributed by atoms with Crippen LogP contribution in [0.4, 0.5) is 0 Å². The number of methoxy groups -OCH3 is 1. The minimum Gasteiger partial charge on any atom is -0.487 e. The largest absolute Gasteiger partial charge is 0.487 e. The lowest BCUT2D eigenvalue weighted by Crippen LogP contribution is -2.07. The SMILES string of the molecule is COC(=O)c1ccc2ccccc2c1OCc1c(C)noc1C. The van der Waals surface area contributed by atoms with E-state index in [0.29, 0.717) is 17.1 Å². The molecule has 0 N–H and O–H groups in total. The maximum Gasteiger partial charge on any atom is 0.341 e. The molecule has 5 nitrogen and oxygen atoms in total. The molecular formula is C18H17NO4. The Kier molecular flexibility index (Phi) is 4.02. The fraction of sp³-hybridized carbons (Fsp3) is 0.222. The highest BCUT2D eigenvalue weighted by molar-refractivity contribution is 6.01. The van der Waals surface area contributed by atoms with Gasteiger partial charge in [0.1, 0.15) is 23.7 Å². The molecule has 3 aromatic rings. The average molecular weight is 311 g/mol. The molecule has 0 aliphatic carbocycles. The number of ether oxygens (including phenoxy) is 2. The van der Waals surface area contributed by atoms with Crippen molar-refractivity contribution in [3.63, 3.8) is 0 Å². The maximum absolute atomic E-state index is 12.0. The Morgan fingerprint density at radius 2 is 1.96 bits per heavy atom. The van der Waals surface area contributed by atoms with Crippen molar-refractivity contribution in [1.82, 2.24) is 5.16 Å².